The van der Waals surface area contributed by atoms with E-state index in [4.69, 9.17) is 4.74 Å². The van der Waals surface area contributed by atoms with Gasteiger partial charge in [-0.3, -0.25) is 9.59 Å². The average Bonchev–Trinajstić information content (AvgIpc) is 3.24. The number of amides is 2. The molecule has 2 fully saturated rings. The van der Waals surface area contributed by atoms with Gasteiger partial charge in [-0.1, -0.05) is 18.2 Å². The minimum Gasteiger partial charge on any atom is -0.455 e. The molecule has 1 saturated carbocycles. The van der Waals surface area contributed by atoms with Crippen LogP contribution >= 0.6 is 0 Å². The molecule has 122 valence electrons. The van der Waals surface area contributed by atoms with Gasteiger partial charge in [0.1, 0.15) is 12.1 Å². The van der Waals surface area contributed by atoms with E-state index in [0.717, 1.165) is 18.4 Å². The Bertz CT molecular complexity index is 795. The molecule has 1 spiro atoms. The predicted octanol–water partition coefficient (Wildman–Crippen LogP) is 0.707. The zero-order valence-corrected chi connectivity index (χ0v) is 12.8. The topological polar surface area (TPSA) is 99.5 Å². The molecular weight excluding hydrogens is 310 g/mol. The lowest BCUT2D eigenvalue weighted by Gasteiger charge is -2.22. The number of rotatable bonds is 1. The SMILES string of the molecule is N#C[C@@H]1C[C@@]2(CN1C(=O)C(=O)OC1CC1)C(=O)Nc1ccccc12. The Morgan fingerprint density at radius 3 is 2.79 bits per heavy atom. The van der Waals surface area contributed by atoms with Crippen LogP contribution in [0.5, 0.6) is 0 Å². The minimum absolute atomic E-state index is 0.00662. The Balaban J connectivity index is 1.64. The van der Waals surface area contributed by atoms with E-state index in [0.29, 0.717) is 5.69 Å². The highest BCUT2D eigenvalue weighted by Gasteiger charge is 2.56. The van der Waals surface area contributed by atoms with Crippen molar-refractivity contribution in [3.05, 3.63) is 29.8 Å². The van der Waals surface area contributed by atoms with Crippen molar-refractivity contribution in [1.82, 2.24) is 4.90 Å². The first-order valence-electron chi connectivity index (χ1n) is 7.87. The zero-order valence-electron chi connectivity index (χ0n) is 12.8. The summed E-state index contributed by atoms with van der Waals surface area (Å²) in [4.78, 5) is 38.1. The Hall–Kier alpha value is -2.88. The summed E-state index contributed by atoms with van der Waals surface area (Å²) >= 11 is 0. The second-order valence-corrected chi connectivity index (χ2v) is 6.47. The van der Waals surface area contributed by atoms with E-state index in [1.54, 1.807) is 6.07 Å². The van der Waals surface area contributed by atoms with Gasteiger partial charge < -0.3 is 15.0 Å². The number of hydrogen-bond acceptors (Lipinski definition) is 5. The summed E-state index contributed by atoms with van der Waals surface area (Å²) in [5.41, 5.74) is 0.474. The van der Waals surface area contributed by atoms with Crippen molar-refractivity contribution in [2.45, 2.75) is 36.8 Å². The highest BCUT2D eigenvalue weighted by atomic mass is 16.6. The molecule has 24 heavy (non-hydrogen) atoms. The summed E-state index contributed by atoms with van der Waals surface area (Å²) in [5.74, 6) is -2.03. The van der Waals surface area contributed by atoms with Gasteiger partial charge in [0.15, 0.2) is 0 Å². The minimum atomic E-state index is -0.980. The molecule has 0 radical (unpaired) electrons. The predicted molar refractivity (Wildman–Crippen MR) is 81.6 cm³/mol. The van der Waals surface area contributed by atoms with Crippen molar-refractivity contribution >= 4 is 23.5 Å². The molecule has 2 amide bonds. The molecule has 7 nitrogen and oxygen atoms in total. The number of benzene rings is 1. The van der Waals surface area contributed by atoms with Crippen LogP contribution in [0.15, 0.2) is 24.3 Å². The van der Waals surface area contributed by atoms with Crippen molar-refractivity contribution in [2.24, 2.45) is 0 Å². The first-order chi connectivity index (χ1) is 11.5. The van der Waals surface area contributed by atoms with Crippen LogP contribution in [0.3, 0.4) is 0 Å². The third-order valence-electron chi connectivity index (χ3n) is 4.87. The summed E-state index contributed by atoms with van der Waals surface area (Å²) < 4.78 is 5.04. The molecule has 4 rings (SSSR count). The molecule has 0 unspecified atom stereocenters. The number of esters is 1. The molecule has 0 bridgehead atoms. The lowest BCUT2D eigenvalue weighted by Crippen LogP contribution is -2.43. The van der Waals surface area contributed by atoms with E-state index in [9.17, 15) is 19.6 Å². The Kier molecular flexibility index (Phi) is 3.10. The van der Waals surface area contributed by atoms with Crippen LogP contribution in [0, 0.1) is 11.3 Å². The van der Waals surface area contributed by atoms with Crippen LogP contribution < -0.4 is 5.32 Å². The normalized spacial score (nSPS) is 27.5. The van der Waals surface area contributed by atoms with Gasteiger partial charge in [0.25, 0.3) is 0 Å². The number of carbonyl (C=O) groups excluding carboxylic acids is 3. The van der Waals surface area contributed by atoms with E-state index in [-0.39, 0.29) is 25.0 Å². The van der Waals surface area contributed by atoms with E-state index in [1.807, 2.05) is 24.3 Å². The van der Waals surface area contributed by atoms with Crippen LogP contribution in [0.1, 0.15) is 24.8 Å². The Morgan fingerprint density at radius 2 is 2.08 bits per heavy atom. The maximum Gasteiger partial charge on any atom is 0.397 e. The molecule has 2 atom stereocenters. The fourth-order valence-corrected chi connectivity index (χ4v) is 3.47. The molecule has 1 aromatic carbocycles. The second-order valence-electron chi connectivity index (χ2n) is 6.47. The number of likely N-dealkylation sites (tertiary alicyclic amines) is 1. The summed E-state index contributed by atoms with van der Waals surface area (Å²) in [6.07, 6.45) is 1.52. The van der Waals surface area contributed by atoms with Gasteiger partial charge in [-0.25, -0.2) is 4.79 Å². The highest BCUT2D eigenvalue weighted by Crippen LogP contribution is 2.46. The lowest BCUT2D eigenvalue weighted by molar-refractivity contribution is -0.161. The summed E-state index contributed by atoms with van der Waals surface area (Å²) in [6.45, 7) is 0.00662. The number of carbonyl (C=O) groups is 3. The summed E-state index contributed by atoms with van der Waals surface area (Å²) in [7, 11) is 0. The maximum absolute atomic E-state index is 12.6. The van der Waals surface area contributed by atoms with Gasteiger partial charge in [-0.05, 0) is 24.5 Å². The van der Waals surface area contributed by atoms with E-state index < -0.39 is 23.3 Å². The van der Waals surface area contributed by atoms with Crippen molar-refractivity contribution in [2.75, 3.05) is 11.9 Å². The molecule has 0 aromatic heterocycles. The molecule has 1 saturated heterocycles. The van der Waals surface area contributed by atoms with Gasteiger partial charge >= 0.3 is 11.9 Å². The molecule has 1 aliphatic carbocycles. The molecule has 7 heteroatoms. The molecule has 1 aromatic rings. The fourth-order valence-electron chi connectivity index (χ4n) is 3.47. The largest absolute Gasteiger partial charge is 0.455 e. The van der Waals surface area contributed by atoms with Gasteiger partial charge in [-0.15, -0.1) is 0 Å². The first kappa shape index (κ1) is 14.7. The van der Waals surface area contributed by atoms with Crippen LogP contribution in [-0.2, 0) is 24.5 Å². The standard InChI is InChI=1S/C17H15N3O4/c18-8-10-7-17(12-3-1-2-4-13(12)19-16(17)23)9-20(10)14(21)15(22)24-11-5-6-11/h1-4,10-11H,5-7,9H2,(H,19,23)/t10-,17-/m0/s1. The molecular formula is C17H15N3O4. The molecule has 1 N–H and O–H groups in total. The second kappa shape index (κ2) is 5.06. The number of nitrogens with zero attached hydrogens (tertiary/aromatic N) is 2. The van der Waals surface area contributed by atoms with Crippen molar-refractivity contribution < 1.29 is 19.1 Å². The number of fused-ring (bicyclic) bond motifs is 2. The number of nitriles is 1. The van der Waals surface area contributed by atoms with E-state index >= 15 is 0 Å². The van der Waals surface area contributed by atoms with E-state index in [2.05, 4.69) is 5.32 Å². The lowest BCUT2D eigenvalue weighted by atomic mass is 9.80. The van der Waals surface area contributed by atoms with Crippen LogP contribution in [0.2, 0.25) is 0 Å². The molecule has 2 aliphatic heterocycles. The highest BCUT2D eigenvalue weighted by molar-refractivity contribution is 6.32. The van der Waals surface area contributed by atoms with Crippen LogP contribution in [0.25, 0.3) is 0 Å². The quantitative estimate of drug-likeness (QED) is 0.605. The summed E-state index contributed by atoms with van der Waals surface area (Å²) in [5, 5.41) is 12.2. The molecule has 3 aliphatic rings. The van der Waals surface area contributed by atoms with Gasteiger partial charge in [0.05, 0.1) is 11.5 Å². The first-order valence-corrected chi connectivity index (χ1v) is 7.87. The summed E-state index contributed by atoms with van der Waals surface area (Å²) in [6, 6.07) is 8.43. The monoisotopic (exact) mass is 325 g/mol. The van der Waals surface area contributed by atoms with Gasteiger partial charge in [-0.2, -0.15) is 5.26 Å². The van der Waals surface area contributed by atoms with Crippen molar-refractivity contribution in [3.8, 4) is 6.07 Å². The number of hydrogen-bond donors (Lipinski definition) is 1. The number of anilines is 1. The number of para-hydroxylation sites is 1. The maximum atomic E-state index is 12.6. The third kappa shape index (κ3) is 2.07. The van der Waals surface area contributed by atoms with Crippen molar-refractivity contribution in [3.63, 3.8) is 0 Å². The third-order valence-corrected chi connectivity index (χ3v) is 4.87. The average molecular weight is 325 g/mol. The smallest absolute Gasteiger partial charge is 0.397 e. The Morgan fingerprint density at radius 1 is 1.33 bits per heavy atom. The van der Waals surface area contributed by atoms with Gasteiger partial charge in [0.2, 0.25) is 5.91 Å². The zero-order chi connectivity index (χ0) is 16.9. The molecule has 2 heterocycles. The van der Waals surface area contributed by atoms with Crippen molar-refractivity contribution in [1.29, 1.82) is 5.26 Å². The fraction of sp³-hybridized carbons (Fsp3) is 0.412. The Labute approximate surface area is 138 Å². The van der Waals surface area contributed by atoms with Crippen LogP contribution in [0.4, 0.5) is 5.69 Å². The number of ether oxygens (including phenoxy) is 1. The number of nitrogens with one attached hydrogen (secondary N) is 1. The van der Waals surface area contributed by atoms with Gasteiger partial charge in [0, 0.05) is 18.7 Å². The van der Waals surface area contributed by atoms with Crippen LogP contribution in [-0.4, -0.2) is 41.4 Å². The van der Waals surface area contributed by atoms with E-state index in [1.165, 1.54) is 4.90 Å².